The first kappa shape index (κ1) is 14.0. The fourth-order valence-corrected chi connectivity index (χ4v) is 2.81. The summed E-state index contributed by atoms with van der Waals surface area (Å²) in [4.78, 5) is 20.2. The zero-order valence-electron chi connectivity index (χ0n) is 11.9. The summed E-state index contributed by atoms with van der Waals surface area (Å²) in [6.07, 6.45) is 9.17. The van der Waals surface area contributed by atoms with Crippen LogP contribution < -0.4 is 5.32 Å². The third-order valence-corrected chi connectivity index (χ3v) is 3.77. The first-order valence-electron chi connectivity index (χ1n) is 7.10. The third-order valence-electron chi connectivity index (χ3n) is 3.77. The molecule has 1 heterocycles. The molecule has 1 saturated carbocycles. The molecule has 0 bridgehead atoms. The molecule has 1 N–H and O–H groups in total. The van der Waals surface area contributed by atoms with Crippen molar-refractivity contribution in [3.05, 3.63) is 24.3 Å². The van der Waals surface area contributed by atoms with Crippen molar-refractivity contribution in [2.45, 2.75) is 58.4 Å². The molecule has 1 aliphatic rings. The van der Waals surface area contributed by atoms with E-state index in [0.717, 1.165) is 18.7 Å². The summed E-state index contributed by atoms with van der Waals surface area (Å²) < 4.78 is 0. The number of aromatic nitrogens is 2. The Labute approximate surface area is 115 Å². The van der Waals surface area contributed by atoms with Crippen LogP contribution in [0.1, 0.15) is 51.8 Å². The first-order chi connectivity index (χ1) is 9.05. The summed E-state index contributed by atoms with van der Waals surface area (Å²) in [5.41, 5.74) is 0.360. The predicted octanol–water partition coefficient (Wildman–Crippen LogP) is 2.49. The molecule has 0 spiro atoms. The summed E-state index contributed by atoms with van der Waals surface area (Å²) in [6, 6.07) is 2.13. The van der Waals surface area contributed by atoms with Gasteiger partial charge in [0.15, 0.2) is 0 Å². The topological polar surface area (TPSA) is 54.9 Å². The van der Waals surface area contributed by atoms with Crippen LogP contribution >= 0.6 is 0 Å². The van der Waals surface area contributed by atoms with Crippen molar-refractivity contribution in [3.8, 4) is 0 Å². The molecule has 1 fully saturated rings. The van der Waals surface area contributed by atoms with Crippen molar-refractivity contribution in [1.82, 2.24) is 15.3 Å². The molecule has 0 aromatic carbocycles. The van der Waals surface area contributed by atoms with Crippen LogP contribution in [0.3, 0.4) is 0 Å². The number of hydrogen-bond donors (Lipinski definition) is 1. The average Bonchev–Trinajstić information content (AvgIpc) is 2.36. The molecule has 1 amide bonds. The number of aryl methyl sites for hydroxylation is 1. The van der Waals surface area contributed by atoms with E-state index in [-0.39, 0.29) is 5.91 Å². The van der Waals surface area contributed by atoms with Crippen LogP contribution in [0.5, 0.6) is 0 Å². The van der Waals surface area contributed by atoms with Gasteiger partial charge in [-0.05, 0) is 30.7 Å². The summed E-state index contributed by atoms with van der Waals surface area (Å²) in [5.74, 6) is 0.858. The smallest absolute Gasteiger partial charge is 0.220 e. The Morgan fingerprint density at radius 1 is 1.42 bits per heavy atom. The molecule has 1 aromatic heterocycles. The van der Waals surface area contributed by atoms with Gasteiger partial charge in [0, 0.05) is 31.3 Å². The van der Waals surface area contributed by atoms with E-state index in [9.17, 15) is 4.79 Å². The molecule has 0 radical (unpaired) electrons. The fraction of sp³-hybridized carbons (Fsp3) is 0.667. The van der Waals surface area contributed by atoms with Gasteiger partial charge in [-0.1, -0.05) is 20.3 Å². The van der Waals surface area contributed by atoms with Crippen molar-refractivity contribution in [2.24, 2.45) is 5.41 Å². The molecule has 1 aliphatic carbocycles. The van der Waals surface area contributed by atoms with E-state index in [2.05, 4.69) is 29.1 Å². The van der Waals surface area contributed by atoms with E-state index in [4.69, 9.17) is 0 Å². The molecular weight excluding hydrogens is 238 g/mol. The van der Waals surface area contributed by atoms with E-state index in [1.54, 1.807) is 18.5 Å². The van der Waals surface area contributed by atoms with Crippen LogP contribution in [-0.4, -0.2) is 21.9 Å². The summed E-state index contributed by atoms with van der Waals surface area (Å²) >= 11 is 0. The van der Waals surface area contributed by atoms with Gasteiger partial charge in [0.05, 0.1) is 0 Å². The van der Waals surface area contributed by atoms with Gasteiger partial charge < -0.3 is 5.32 Å². The largest absolute Gasteiger partial charge is 0.353 e. The lowest BCUT2D eigenvalue weighted by molar-refractivity contribution is -0.122. The highest BCUT2D eigenvalue weighted by Gasteiger charge is 2.28. The Bertz CT molecular complexity index is 417. The van der Waals surface area contributed by atoms with Crippen molar-refractivity contribution >= 4 is 5.91 Å². The minimum absolute atomic E-state index is 0.121. The second kappa shape index (κ2) is 6.13. The Balaban J connectivity index is 1.75. The first-order valence-corrected chi connectivity index (χ1v) is 7.10. The molecule has 19 heavy (non-hydrogen) atoms. The van der Waals surface area contributed by atoms with Gasteiger partial charge in [-0.25, -0.2) is 9.97 Å². The zero-order chi connectivity index (χ0) is 13.7. The van der Waals surface area contributed by atoms with Gasteiger partial charge in [-0.3, -0.25) is 4.79 Å². The number of carbonyl (C=O) groups excluding carboxylic acids is 1. The van der Waals surface area contributed by atoms with Crippen LogP contribution in [0, 0.1) is 5.41 Å². The van der Waals surface area contributed by atoms with Crippen molar-refractivity contribution in [2.75, 3.05) is 0 Å². The second-order valence-electron chi connectivity index (χ2n) is 6.19. The monoisotopic (exact) mass is 261 g/mol. The zero-order valence-corrected chi connectivity index (χ0v) is 11.9. The third kappa shape index (κ3) is 4.62. The van der Waals surface area contributed by atoms with Gasteiger partial charge >= 0.3 is 0 Å². The van der Waals surface area contributed by atoms with Crippen LogP contribution in [0.2, 0.25) is 0 Å². The number of nitrogens with zero attached hydrogens (tertiary/aromatic N) is 2. The molecular formula is C15H23N3O. The molecule has 4 nitrogen and oxygen atoms in total. The highest BCUT2D eigenvalue weighted by atomic mass is 16.1. The minimum Gasteiger partial charge on any atom is -0.353 e. The summed E-state index contributed by atoms with van der Waals surface area (Å²) in [7, 11) is 0. The lowest BCUT2D eigenvalue weighted by atomic mass is 9.75. The number of rotatable bonds is 4. The lowest BCUT2D eigenvalue weighted by Crippen LogP contribution is -2.40. The Kier molecular flexibility index (Phi) is 4.51. The number of amides is 1. The molecule has 0 saturated heterocycles. The van der Waals surface area contributed by atoms with E-state index in [0.29, 0.717) is 24.3 Å². The van der Waals surface area contributed by atoms with E-state index < -0.39 is 0 Å². The van der Waals surface area contributed by atoms with Gasteiger partial charge in [0.2, 0.25) is 5.91 Å². The van der Waals surface area contributed by atoms with Crippen LogP contribution in [0.15, 0.2) is 18.5 Å². The van der Waals surface area contributed by atoms with Gasteiger partial charge in [-0.2, -0.15) is 0 Å². The molecule has 4 heteroatoms. The van der Waals surface area contributed by atoms with Crippen molar-refractivity contribution < 1.29 is 4.79 Å². The number of hydrogen-bond acceptors (Lipinski definition) is 3. The fourth-order valence-electron chi connectivity index (χ4n) is 2.81. The Morgan fingerprint density at radius 3 is 2.84 bits per heavy atom. The van der Waals surface area contributed by atoms with Crippen LogP contribution in [0.4, 0.5) is 0 Å². The Hall–Kier alpha value is -1.45. The maximum atomic E-state index is 11.9. The quantitative estimate of drug-likeness (QED) is 0.906. The highest BCUT2D eigenvalue weighted by Crippen LogP contribution is 2.35. The van der Waals surface area contributed by atoms with Crippen molar-refractivity contribution in [1.29, 1.82) is 0 Å². The molecule has 104 valence electrons. The Morgan fingerprint density at radius 2 is 2.16 bits per heavy atom. The molecule has 2 rings (SSSR count). The molecule has 1 unspecified atom stereocenters. The average molecular weight is 261 g/mol. The van der Waals surface area contributed by atoms with E-state index in [1.165, 1.54) is 12.8 Å². The van der Waals surface area contributed by atoms with Crippen LogP contribution in [0.25, 0.3) is 0 Å². The normalized spacial score (nSPS) is 21.9. The van der Waals surface area contributed by atoms with Gasteiger partial charge in [0.25, 0.3) is 0 Å². The second-order valence-corrected chi connectivity index (χ2v) is 6.19. The summed E-state index contributed by atoms with van der Waals surface area (Å²) in [6.45, 7) is 4.56. The number of nitrogens with one attached hydrogen (secondary N) is 1. The maximum absolute atomic E-state index is 11.9. The SMILES string of the molecule is CC1(C)CCCC(NC(=O)CCc2ncccn2)C1. The molecule has 1 atom stereocenters. The molecule has 1 aromatic rings. The van der Waals surface area contributed by atoms with Crippen molar-refractivity contribution in [3.63, 3.8) is 0 Å². The van der Waals surface area contributed by atoms with Crippen LogP contribution in [-0.2, 0) is 11.2 Å². The standard InChI is InChI=1S/C15H23N3O/c1-15(2)8-3-5-12(11-15)18-14(19)7-6-13-16-9-4-10-17-13/h4,9-10,12H,3,5-8,11H2,1-2H3,(H,18,19). The number of carbonyl (C=O) groups is 1. The van der Waals surface area contributed by atoms with E-state index >= 15 is 0 Å². The maximum Gasteiger partial charge on any atom is 0.220 e. The van der Waals surface area contributed by atoms with Gasteiger partial charge in [0.1, 0.15) is 5.82 Å². The van der Waals surface area contributed by atoms with E-state index in [1.807, 2.05) is 0 Å². The minimum atomic E-state index is 0.121. The predicted molar refractivity (Wildman–Crippen MR) is 74.5 cm³/mol. The molecule has 0 aliphatic heterocycles. The summed E-state index contributed by atoms with van der Waals surface area (Å²) in [5, 5.41) is 3.15. The highest BCUT2D eigenvalue weighted by molar-refractivity contribution is 5.76. The lowest BCUT2D eigenvalue weighted by Gasteiger charge is -2.35. The van der Waals surface area contributed by atoms with Gasteiger partial charge in [-0.15, -0.1) is 0 Å².